The highest BCUT2D eigenvalue weighted by Gasteiger charge is 2.13. The fraction of sp³-hybridized carbons (Fsp3) is 0.136. The minimum Gasteiger partial charge on any atom is -0.496 e. The Hall–Kier alpha value is -3.18. The maximum Gasteiger partial charge on any atom is 0.134 e. The lowest BCUT2D eigenvalue weighted by Gasteiger charge is -2.12. The highest BCUT2D eigenvalue weighted by atomic mass is 19.1. The van der Waals surface area contributed by atoms with Crippen LogP contribution in [0.25, 0.3) is 27.8 Å². The number of methoxy groups -OCH3 is 1. The Bertz CT molecular complexity index is 1120. The third kappa shape index (κ3) is 3.06. The number of nitrogens with zero attached hydrogens (tertiary/aromatic N) is 2. The molecule has 0 bridgehead atoms. The zero-order chi connectivity index (χ0) is 19.0. The van der Waals surface area contributed by atoms with Crippen LogP contribution in [0.1, 0.15) is 18.6 Å². The number of halogens is 1. The van der Waals surface area contributed by atoms with Crippen LogP contribution in [0.2, 0.25) is 0 Å². The molecule has 136 valence electrons. The maximum absolute atomic E-state index is 14.4. The minimum atomic E-state index is -0.545. The Kier molecular flexibility index (Phi) is 4.38. The predicted octanol–water partition coefficient (Wildman–Crippen LogP) is 4.89. The predicted molar refractivity (Wildman–Crippen MR) is 104 cm³/mol. The topological polar surface area (TPSA) is 47.3 Å². The van der Waals surface area contributed by atoms with E-state index in [-0.39, 0.29) is 5.82 Å². The summed E-state index contributed by atoms with van der Waals surface area (Å²) in [5, 5.41) is 9.76. The molecule has 4 aromatic rings. The van der Waals surface area contributed by atoms with E-state index in [9.17, 15) is 9.50 Å². The smallest absolute Gasteiger partial charge is 0.134 e. The normalized spacial score (nSPS) is 12.3. The van der Waals surface area contributed by atoms with Gasteiger partial charge in [-0.05, 0) is 54.4 Å². The van der Waals surface area contributed by atoms with Gasteiger partial charge in [0.2, 0.25) is 0 Å². The number of aromatic nitrogens is 2. The van der Waals surface area contributed by atoms with Crippen LogP contribution in [-0.4, -0.2) is 21.8 Å². The van der Waals surface area contributed by atoms with E-state index in [0.717, 1.165) is 27.8 Å². The lowest BCUT2D eigenvalue weighted by atomic mass is 10.0. The molecule has 5 heteroatoms. The van der Waals surface area contributed by atoms with Crippen LogP contribution < -0.4 is 4.74 Å². The molecule has 1 heterocycles. The Morgan fingerprint density at radius 1 is 1.07 bits per heavy atom. The van der Waals surface area contributed by atoms with E-state index in [1.807, 2.05) is 47.0 Å². The Balaban J connectivity index is 1.84. The molecule has 1 N–H and O–H groups in total. The number of aliphatic hydroxyl groups excluding tert-OH is 1. The van der Waals surface area contributed by atoms with Gasteiger partial charge in [-0.25, -0.2) is 9.37 Å². The fourth-order valence-corrected chi connectivity index (χ4v) is 3.26. The van der Waals surface area contributed by atoms with Crippen LogP contribution in [0.5, 0.6) is 5.75 Å². The van der Waals surface area contributed by atoms with Crippen molar-refractivity contribution in [2.45, 2.75) is 13.0 Å². The first-order valence-corrected chi connectivity index (χ1v) is 8.67. The standard InChI is InChI=1S/C22H19FN2O2/c1-14(26)15-9-10-20-19(12-15)24-13-25(20)17-6-3-5-16(11-17)22-18(23)7-4-8-21(22)27-2/h3-14,26H,1-2H3. The first-order valence-electron chi connectivity index (χ1n) is 8.67. The lowest BCUT2D eigenvalue weighted by molar-refractivity contribution is 0.199. The summed E-state index contributed by atoms with van der Waals surface area (Å²) in [6.07, 6.45) is 1.19. The van der Waals surface area contributed by atoms with Gasteiger partial charge in [0, 0.05) is 5.69 Å². The van der Waals surface area contributed by atoms with Gasteiger partial charge in [0.05, 0.1) is 29.8 Å². The molecule has 4 rings (SSSR count). The summed E-state index contributed by atoms with van der Waals surface area (Å²) in [4.78, 5) is 4.44. The van der Waals surface area contributed by atoms with E-state index >= 15 is 0 Å². The SMILES string of the molecule is COc1cccc(F)c1-c1cccc(-n2cnc3cc(C(C)O)ccc32)c1. The van der Waals surface area contributed by atoms with Gasteiger partial charge < -0.3 is 9.84 Å². The van der Waals surface area contributed by atoms with Crippen LogP contribution in [0.15, 0.2) is 67.0 Å². The summed E-state index contributed by atoms with van der Waals surface area (Å²) in [5.41, 5.74) is 4.55. The van der Waals surface area contributed by atoms with E-state index in [1.54, 1.807) is 25.4 Å². The van der Waals surface area contributed by atoms with E-state index in [0.29, 0.717) is 11.3 Å². The Morgan fingerprint density at radius 2 is 1.89 bits per heavy atom. The molecule has 0 radical (unpaired) electrons. The summed E-state index contributed by atoms with van der Waals surface area (Å²) in [6, 6.07) is 18.1. The van der Waals surface area contributed by atoms with Crippen LogP contribution in [0.3, 0.4) is 0 Å². The average Bonchev–Trinajstić information content (AvgIpc) is 3.11. The van der Waals surface area contributed by atoms with Crippen molar-refractivity contribution in [2.24, 2.45) is 0 Å². The largest absolute Gasteiger partial charge is 0.496 e. The zero-order valence-electron chi connectivity index (χ0n) is 15.1. The highest BCUT2D eigenvalue weighted by Crippen LogP contribution is 2.34. The van der Waals surface area contributed by atoms with Gasteiger partial charge >= 0.3 is 0 Å². The van der Waals surface area contributed by atoms with Gasteiger partial charge in [-0.3, -0.25) is 4.57 Å². The molecule has 3 aromatic carbocycles. The number of rotatable bonds is 4. The Morgan fingerprint density at radius 3 is 2.67 bits per heavy atom. The van der Waals surface area contributed by atoms with Crippen molar-refractivity contribution in [1.82, 2.24) is 9.55 Å². The van der Waals surface area contributed by atoms with Crippen LogP contribution in [0, 0.1) is 5.82 Å². The number of aliphatic hydroxyl groups is 1. The molecule has 0 saturated heterocycles. The molecular weight excluding hydrogens is 343 g/mol. The molecule has 0 aliphatic carbocycles. The zero-order valence-corrected chi connectivity index (χ0v) is 15.1. The molecular formula is C22H19FN2O2. The average molecular weight is 362 g/mol. The molecule has 0 saturated carbocycles. The monoisotopic (exact) mass is 362 g/mol. The Labute approximate surface area is 156 Å². The van der Waals surface area contributed by atoms with Crippen molar-refractivity contribution in [3.05, 3.63) is 78.4 Å². The fourth-order valence-electron chi connectivity index (χ4n) is 3.26. The van der Waals surface area contributed by atoms with E-state index in [1.165, 1.54) is 13.2 Å². The summed E-state index contributed by atoms with van der Waals surface area (Å²) in [6.45, 7) is 1.73. The van der Waals surface area contributed by atoms with Gasteiger partial charge in [-0.1, -0.05) is 24.3 Å². The van der Waals surface area contributed by atoms with Crippen molar-refractivity contribution >= 4 is 11.0 Å². The van der Waals surface area contributed by atoms with Crippen molar-refractivity contribution in [3.8, 4) is 22.6 Å². The van der Waals surface area contributed by atoms with Crippen LogP contribution in [0.4, 0.5) is 4.39 Å². The number of imidazole rings is 1. The molecule has 4 nitrogen and oxygen atoms in total. The van der Waals surface area contributed by atoms with Gasteiger partial charge in [0.1, 0.15) is 17.9 Å². The van der Waals surface area contributed by atoms with Gasteiger partial charge in [-0.2, -0.15) is 0 Å². The van der Waals surface area contributed by atoms with Crippen molar-refractivity contribution in [1.29, 1.82) is 0 Å². The second-order valence-corrected chi connectivity index (χ2v) is 6.41. The number of hydrogen-bond acceptors (Lipinski definition) is 3. The van der Waals surface area contributed by atoms with Crippen LogP contribution >= 0.6 is 0 Å². The van der Waals surface area contributed by atoms with Crippen molar-refractivity contribution in [2.75, 3.05) is 7.11 Å². The molecule has 0 fully saturated rings. The van der Waals surface area contributed by atoms with E-state index in [4.69, 9.17) is 4.74 Å². The summed E-state index contributed by atoms with van der Waals surface area (Å²) < 4.78 is 21.7. The number of hydrogen-bond donors (Lipinski definition) is 1. The first-order chi connectivity index (χ1) is 13.1. The quantitative estimate of drug-likeness (QED) is 0.562. The summed E-state index contributed by atoms with van der Waals surface area (Å²) >= 11 is 0. The molecule has 0 aliphatic rings. The third-order valence-electron chi connectivity index (χ3n) is 4.66. The third-order valence-corrected chi connectivity index (χ3v) is 4.66. The van der Waals surface area contributed by atoms with Gasteiger partial charge in [0.25, 0.3) is 0 Å². The molecule has 1 atom stereocenters. The molecule has 0 amide bonds. The second-order valence-electron chi connectivity index (χ2n) is 6.41. The molecule has 0 spiro atoms. The van der Waals surface area contributed by atoms with Crippen LogP contribution in [-0.2, 0) is 0 Å². The lowest BCUT2D eigenvalue weighted by Crippen LogP contribution is -1.96. The van der Waals surface area contributed by atoms with Gasteiger partial charge in [0.15, 0.2) is 0 Å². The number of ether oxygens (including phenoxy) is 1. The van der Waals surface area contributed by atoms with Crippen molar-refractivity contribution < 1.29 is 14.2 Å². The molecule has 0 aliphatic heterocycles. The minimum absolute atomic E-state index is 0.330. The molecule has 1 aromatic heterocycles. The van der Waals surface area contributed by atoms with Crippen molar-refractivity contribution in [3.63, 3.8) is 0 Å². The first kappa shape index (κ1) is 17.2. The highest BCUT2D eigenvalue weighted by molar-refractivity contribution is 5.79. The van der Waals surface area contributed by atoms with E-state index < -0.39 is 6.10 Å². The second kappa shape index (κ2) is 6.85. The molecule has 27 heavy (non-hydrogen) atoms. The number of benzene rings is 3. The summed E-state index contributed by atoms with van der Waals surface area (Å²) in [7, 11) is 1.53. The maximum atomic E-state index is 14.4. The summed E-state index contributed by atoms with van der Waals surface area (Å²) in [5.74, 6) is 0.160. The molecule has 1 unspecified atom stereocenters. The number of fused-ring (bicyclic) bond motifs is 1. The van der Waals surface area contributed by atoms with Gasteiger partial charge in [-0.15, -0.1) is 0 Å². The van der Waals surface area contributed by atoms with E-state index in [2.05, 4.69) is 4.98 Å².